The van der Waals surface area contributed by atoms with Gasteiger partial charge < -0.3 is 19.9 Å². The number of amides is 1. The molecule has 9 nitrogen and oxygen atoms in total. The van der Waals surface area contributed by atoms with Crippen LogP contribution in [0.1, 0.15) is 6.42 Å². The van der Waals surface area contributed by atoms with Gasteiger partial charge in [-0.05, 0) is 42.5 Å². The lowest BCUT2D eigenvalue weighted by molar-refractivity contribution is -0.142. The number of rotatable bonds is 9. The summed E-state index contributed by atoms with van der Waals surface area (Å²) in [5.41, 5.74) is 2.18. The van der Waals surface area contributed by atoms with E-state index in [0.717, 1.165) is 21.1 Å². The van der Waals surface area contributed by atoms with Crippen molar-refractivity contribution in [3.8, 4) is 0 Å². The van der Waals surface area contributed by atoms with Crippen LogP contribution in [0.3, 0.4) is 0 Å². The van der Waals surface area contributed by atoms with E-state index in [1.807, 2.05) is 28.8 Å². The fourth-order valence-corrected chi connectivity index (χ4v) is 3.53. The summed E-state index contributed by atoms with van der Waals surface area (Å²) < 4.78 is 7.89. The van der Waals surface area contributed by atoms with Crippen molar-refractivity contribution in [3.63, 3.8) is 0 Å². The summed E-state index contributed by atoms with van der Waals surface area (Å²) in [6, 6.07) is 13.1. The SMILES string of the molecule is O=C(/C=C/CC(=O)OCCn1ccnc1)Nc1ccc2ncnc(Nc3cccc(Br)c3)c2c1. The van der Waals surface area contributed by atoms with Crippen molar-refractivity contribution < 1.29 is 14.3 Å². The third-order valence-corrected chi connectivity index (χ3v) is 5.21. The molecule has 0 saturated heterocycles. The summed E-state index contributed by atoms with van der Waals surface area (Å²) >= 11 is 3.45. The molecule has 0 unspecified atom stereocenters. The standard InChI is InChI=1S/C24H21BrN6O3/c25-17-3-1-4-18(13-17)30-24-20-14-19(7-8-21(20)27-15-28-24)29-22(32)5-2-6-23(33)34-12-11-31-10-9-26-16-31/h1-5,7-10,13-16H,6,11-12H2,(H,29,32)(H,27,28,30)/b5-2+. The number of fused-ring (bicyclic) bond motifs is 1. The van der Waals surface area contributed by atoms with Crippen molar-refractivity contribution in [1.82, 2.24) is 19.5 Å². The molecule has 34 heavy (non-hydrogen) atoms. The van der Waals surface area contributed by atoms with E-state index in [-0.39, 0.29) is 18.9 Å². The van der Waals surface area contributed by atoms with Crippen LogP contribution in [-0.2, 0) is 20.9 Å². The van der Waals surface area contributed by atoms with Crippen molar-refractivity contribution in [1.29, 1.82) is 0 Å². The third-order valence-electron chi connectivity index (χ3n) is 4.72. The molecule has 10 heteroatoms. The monoisotopic (exact) mass is 520 g/mol. The average molecular weight is 521 g/mol. The number of nitrogens with one attached hydrogen (secondary N) is 2. The van der Waals surface area contributed by atoms with Crippen LogP contribution in [0.2, 0.25) is 0 Å². The number of anilines is 3. The van der Waals surface area contributed by atoms with Crippen LogP contribution in [0, 0.1) is 0 Å². The molecule has 4 aromatic rings. The van der Waals surface area contributed by atoms with Gasteiger partial charge in [0.1, 0.15) is 18.8 Å². The van der Waals surface area contributed by atoms with Crippen LogP contribution in [0.5, 0.6) is 0 Å². The Morgan fingerprint density at radius 3 is 2.85 bits per heavy atom. The summed E-state index contributed by atoms with van der Waals surface area (Å²) in [7, 11) is 0. The lowest BCUT2D eigenvalue weighted by Crippen LogP contribution is -2.10. The van der Waals surface area contributed by atoms with Gasteiger partial charge in [0.25, 0.3) is 0 Å². The first-order chi connectivity index (χ1) is 16.6. The van der Waals surface area contributed by atoms with Gasteiger partial charge >= 0.3 is 5.97 Å². The highest BCUT2D eigenvalue weighted by atomic mass is 79.9. The van der Waals surface area contributed by atoms with E-state index >= 15 is 0 Å². The van der Waals surface area contributed by atoms with Crippen molar-refractivity contribution in [2.45, 2.75) is 13.0 Å². The summed E-state index contributed by atoms with van der Waals surface area (Å²) in [6.07, 6.45) is 9.36. The molecule has 2 N–H and O–H groups in total. The van der Waals surface area contributed by atoms with Gasteiger partial charge in [0.05, 0.1) is 24.8 Å². The number of benzene rings is 2. The molecule has 0 atom stereocenters. The average Bonchev–Trinajstić information content (AvgIpc) is 3.33. The van der Waals surface area contributed by atoms with Crippen molar-refractivity contribution in [2.75, 3.05) is 17.2 Å². The van der Waals surface area contributed by atoms with Gasteiger partial charge in [-0.15, -0.1) is 0 Å². The van der Waals surface area contributed by atoms with Crippen LogP contribution in [0.15, 0.2) is 84.1 Å². The van der Waals surface area contributed by atoms with E-state index in [4.69, 9.17) is 4.74 Å². The first kappa shape index (κ1) is 23.1. The molecule has 0 radical (unpaired) electrons. The molecule has 0 saturated carbocycles. The molecule has 4 rings (SSSR count). The first-order valence-corrected chi connectivity index (χ1v) is 11.2. The summed E-state index contributed by atoms with van der Waals surface area (Å²) in [6.45, 7) is 0.769. The minimum Gasteiger partial charge on any atom is -0.464 e. The molecular weight excluding hydrogens is 500 g/mol. The second-order valence-electron chi connectivity index (χ2n) is 7.21. The number of nitrogens with zero attached hydrogens (tertiary/aromatic N) is 4. The van der Waals surface area contributed by atoms with Crippen LogP contribution >= 0.6 is 15.9 Å². The van der Waals surface area contributed by atoms with E-state index < -0.39 is 5.97 Å². The molecule has 0 aliphatic heterocycles. The Bertz CT molecular complexity index is 1320. The number of carbonyl (C=O) groups is 2. The second kappa shape index (κ2) is 11.2. The van der Waals surface area contributed by atoms with Crippen molar-refractivity contribution in [3.05, 3.63) is 84.1 Å². The highest BCUT2D eigenvalue weighted by molar-refractivity contribution is 9.10. The smallest absolute Gasteiger partial charge is 0.309 e. The molecule has 0 fully saturated rings. The lowest BCUT2D eigenvalue weighted by atomic mass is 10.2. The Labute approximate surface area is 204 Å². The summed E-state index contributed by atoms with van der Waals surface area (Å²) in [5, 5.41) is 6.82. The number of imidazole rings is 1. The summed E-state index contributed by atoms with van der Waals surface area (Å²) in [4.78, 5) is 36.7. The molecule has 2 aromatic heterocycles. The molecule has 172 valence electrons. The van der Waals surface area contributed by atoms with Gasteiger partial charge in [0.2, 0.25) is 5.91 Å². The predicted octanol–water partition coefficient (Wildman–Crippen LogP) is 4.46. The predicted molar refractivity (Wildman–Crippen MR) is 133 cm³/mol. The van der Waals surface area contributed by atoms with E-state index in [1.54, 1.807) is 36.9 Å². The number of hydrogen-bond donors (Lipinski definition) is 2. The van der Waals surface area contributed by atoms with Gasteiger partial charge in [-0.25, -0.2) is 15.0 Å². The maximum atomic E-state index is 12.3. The Hall–Kier alpha value is -4.05. The maximum Gasteiger partial charge on any atom is 0.309 e. The van der Waals surface area contributed by atoms with Crippen LogP contribution in [0.4, 0.5) is 17.2 Å². The number of ether oxygens (including phenoxy) is 1. The van der Waals surface area contributed by atoms with Gasteiger partial charge in [-0.1, -0.05) is 28.1 Å². The molecule has 1 amide bonds. The van der Waals surface area contributed by atoms with Crippen molar-refractivity contribution in [2.24, 2.45) is 0 Å². The second-order valence-corrected chi connectivity index (χ2v) is 8.12. The zero-order chi connectivity index (χ0) is 23.8. The van der Waals surface area contributed by atoms with E-state index in [1.165, 1.54) is 18.5 Å². The Kier molecular flexibility index (Phi) is 7.61. The molecule has 0 aliphatic rings. The van der Waals surface area contributed by atoms with Crippen molar-refractivity contribution >= 4 is 55.9 Å². The van der Waals surface area contributed by atoms with Gasteiger partial charge in [0, 0.05) is 33.6 Å². The zero-order valence-corrected chi connectivity index (χ0v) is 19.6. The Morgan fingerprint density at radius 1 is 1.12 bits per heavy atom. The Morgan fingerprint density at radius 2 is 2.03 bits per heavy atom. The fraction of sp³-hybridized carbons (Fsp3) is 0.125. The quantitative estimate of drug-likeness (QED) is 0.247. The van der Waals surface area contributed by atoms with Crippen LogP contribution in [-0.4, -0.2) is 38.0 Å². The number of esters is 1. The molecule has 0 bridgehead atoms. The molecule has 2 heterocycles. The van der Waals surface area contributed by atoms with E-state index in [0.29, 0.717) is 18.1 Å². The van der Waals surface area contributed by atoms with E-state index in [2.05, 4.69) is 41.5 Å². The highest BCUT2D eigenvalue weighted by Crippen LogP contribution is 2.26. The lowest BCUT2D eigenvalue weighted by Gasteiger charge is -2.10. The molecule has 0 spiro atoms. The first-order valence-electron chi connectivity index (χ1n) is 10.4. The third kappa shape index (κ3) is 6.48. The number of carbonyl (C=O) groups excluding carboxylic acids is 2. The van der Waals surface area contributed by atoms with Crippen LogP contribution in [0.25, 0.3) is 10.9 Å². The number of hydrogen-bond acceptors (Lipinski definition) is 7. The number of aromatic nitrogens is 4. The minimum absolute atomic E-state index is 0.00358. The minimum atomic E-state index is -0.407. The van der Waals surface area contributed by atoms with E-state index in [9.17, 15) is 9.59 Å². The topological polar surface area (TPSA) is 111 Å². The van der Waals surface area contributed by atoms with Gasteiger partial charge in [0.15, 0.2) is 0 Å². The fourth-order valence-electron chi connectivity index (χ4n) is 3.13. The molecule has 0 aliphatic carbocycles. The molecule has 2 aromatic carbocycles. The highest BCUT2D eigenvalue weighted by Gasteiger charge is 2.07. The number of halogens is 1. The Balaban J connectivity index is 1.34. The molecular formula is C24H21BrN6O3. The zero-order valence-electron chi connectivity index (χ0n) is 18.0. The van der Waals surface area contributed by atoms with Crippen LogP contribution < -0.4 is 10.6 Å². The van der Waals surface area contributed by atoms with Gasteiger partial charge in [-0.3, -0.25) is 9.59 Å². The summed E-state index contributed by atoms with van der Waals surface area (Å²) in [5.74, 6) is -0.146. The normalized spacial score (nSPS) is 11.0. The van der Waals surface area contributed by atoms with Gasteiger partial charge in [-0.2, -0.15) is 0 Å². The largest absolute Gasteiger partial charge is 0.464 e. The maximum absolute atomic E-state index is 12.3.